The molecule has 0 amide bonds. The van der Waals surface area contributed by atoms with Crippen LogP contribution in [0.1, 0.15) is 29.7 Å². The van der Waals surface area contributed by atoms with Crippen molar-refractivity contribution in [2.24, 2.45) is 0 Å². The van der Waals surface area contributed by atoms with Crippen LogP contribution in [0.25, 0.3) is 11.0 Å². The Kier molecular flexibility index (Phi) is 7.22. The highest BCUT2D eigenvalue weighted by Crippen LogP contribution is 2.26. The molecule has 1 fully saturated rings. The molecule has 8 heteroatoms. The highest BCUT2D eigenvalue weighted by molar-refractivity contribution is 7.84. The molecule has 0 bridgehead atoms. The van der Waals surface area contributed by atoms with Gasteiger partial charge in [-0.2, -0.15) is 0 Å². The van der Waals surface area contributed by atoms with Crippen molar-refractivity contribution in [3.63, 3.8) is 0 Å². The lowest BCUT2D eigenvalue weighted by molar-refractivity contribution is 0.407. The summed E-state index contributed by atoms with van der Waals surface area (Å²) in [7, 11) is 1.91. The van der Waals surface area contributed by atoms with Crippen LogP contribution in [0.4, 0.5) is 0 Å². The molecule has 2 N–H and O–H groups in total. The fourth-order valence-corrected chi connectivity index (χ4v) is 4.33. The van der Waals surface area contributed by atoms with Crippen molar-refractivity contribution in [1.29, 1.82) is 0 Å². The first-order chi connectivity index (χ1) is 14.0. The number of H-pyrrole nitrogens is 1. The molecule has 3 aromatic rings. The summed E-state index contributed by atoms with van der Waals surface area (Å²) in [6.45, 7) is 6.36. The number of hydrogen-bond acceptors (Lipinski definition) is 6. The molecule has 0 radical (unpaired) electrons. The fraction of sp³-hybridized carbons (Fsp3) is 0.429. The van der Waals surface area contributed by atoms with Gasteiger partial charge in [-0.25, -0.2) is 4.98 Å². The Morgan fingerprint density at radius 2 is 1.90 bits per heavy atom. The molecule has 2 aromatic heterocycles. The number of hydrogen-bond donors (Lipinski definition) is 2. The summed E-state index contributed by atoms with van der Waals surface area (Å²) in [5.41, 5.74) is 4.16. The summed E-state index contributed by atoms with van der Waals surface area (Å²) in [6, 6.07) is 5.50. The molecular formula is C21H28N4O3S. The molecule has 0 saturated carbocycles. The minimum absolute atomic E-state index is 0.277. The predicted molar refractivity (Wildman–Crippen MR) is 115 cm³/mol. The van der Waals surface area contributed by atoms with Crippen molar-refractivity contribution in [1.82, 2.24) is 20.3 Å². The van der Waals surface area contributed by atoms with Crippen LogP contribution in [0.2, 0.25) is 0 Å². The van der Waals surface area contributed by atoms with E-state index in [4.69, 9.17) is 9.47 Å². The van der Waals surface area contributed by atoms with E-state index in [1.54, 1.807) is 20.4 Å². The molecule has 1 aliphatic rings. The van der Waals surface area contributed by atoms with Gasteiger partial charge in [0.15, 0.2) is 5.16 Å². The lowest BCUT2D eigenvalue weighted by Gasteiger charge is -2.11. The Balaban J connectivity index is 0.000000419. The van der Waals surface area contributed by atoms with Gasteiger partial charge in [0.25, 0.3) is 0 Å². The molecule has 0 unspecified atom stereocenters. The van der Waals surface area contributed by atoms with E-state index in [1.165, 1.54) is 25.9 Å². The van der Waals surface area contributed by atoms with Crippen LogP contribution in [-0.2, 0) is 16.6 Å². The zero-order chi connectivity index (χ0) is 20.8. The first-order valence-electron chi connectivity index (χ1n) is 9.65. The van der Waals surface area contributed by atoms with Crippen LogP contribution in [-0.4, -0.2) is 46.5 Å². The molecule has 3 heterocycles. The van der Waals surface area contributed by atoms with Gasteiger partial charge in [-0.1, -0.05) is 0 Å². The number of imidazole rings is 1. The van der Waals surface area contributed by atoms with Gasteiger partial charge in [0.2, 0.25) is 0 Å². The van der Waals surface area contributed by atoms with Gasteiger partial charge >= 0.3 is 0 Å². The van der Waals surface area contributed by atoms with Crippen molar-refractivity contribution in [2.45, 2.75) is 37.6 Å². The second-order valence-corrected chi connectivity index (χ2v) is 8.28. The number of rotatable bonds is 5. The van der Waals surface area contributed by atoms with Gasteiger partial charge in [-0.15, -0.1) is 0 Å². The maximum absolute atomic E-state index is 12.7. The number of ether oxygens (including phenoxy) is 2. The molecule has 1 aromatic carbocycles. The van der Waals surface area contributed by atoms with Crippen molar-refractivity contribution in [3.8, 4) is 11.5 Å². The van der Waals surface area contributed by atoms with E-state index in [9.17, 15) is 4.21 Å². The highest BCUT2D eigenvalue weighted by atomic mass is 32.2. The molecule has 0 spiro atoms. The van der Waals surface area contributed by atoms with Gasteiger partial charge in [-0.3, -0.25) is 9.19 Å². The summed E-state index contributed by atoms with van der Waals surface area (Å²) in [5, 5.41) is 3.65. The van der Waals surface area contributed by atoms with Crippen LogP contribution < -0.4 is 14.8 Å². The van der Waals surface area contributed by atoms with Crippen LogP contribution in [0.3, 0.4) is 0 Å². The SMILES string of the molecule is C1CCNC1.COc1ccc2nc([S@](=O)Cc3ncc(C)c(OC)c3C)[nH]c2c1. The summed E-state index contributed by atoms with van der Waals surface area (Å²) in [5.74, 6) is 1.79. The third-order valence-electron chi connectivity index (χ3n) is 4.86. The van der Waals surface area contributed by atoms with Crippen LogP contribution >= 0.6 is 0 Å². The number of benzene rings is 1. The van der Waals surface area contributed by atoms with Crippen LogP contribution in [0.5, 0.6) is 11.5 Å². The second-order valence-electron chi connectivity index (χ2n) is 6.92. The van der Waals surface area contributed by atoms with Gasteiger partial charge in [0.05, 0.1) is 47.5 Å². The monoisotopic (exact) mass is 416 g/mol. The van der Waals surface area contributed by atoms with Crippen LogP contribution in [0, 0.1) is 13.8 Å². The fourth-order valence-electron chi connectivity index (χ4n) is 3.23. The molecule has 156 valence electrons. The topological polar surface area (TPSA) is 89.1 Å². The lowest BCUT2D eigenvalue weighted by atomic mass is 10.1. The van der Waals surface area contributed by atoms with E-state index < -0.39 is 10.8 Å². The van der Waals surface area contributed by atoms with Gasteiger partial charge in [0, 0.05) is 23.4 Å². The first kappa shape index (κ1) is 21.3. The number of aromatic amines is 1. The molecule has 29 heavy (non-hydrogen) atoms. The number of methoxy groups -OCH3 is 2. The standard InChI is InChI=1S/C17H19N3O3S.C4H9N/c1-10-8-18-15(11(2)16(10)23-4)9-24(21)17-19-13-6-5-12(22-3)7-14(13)20-17;1-2-4-5-3-1/h5-8H,9H2,1-4H3,(H,19,20);5H,1-4H2/t24-;/m1./s1. The minimum Gasteiger partial charge on any atom is -0.497 e. The van der Waals surface area contributed by atoms with Gasteiger partial charge < -0.3 is 19.8 Å². The first-order valence-corrected chi connectivity index (χ1v) is 11.0. The zero-order valence-corrected chi connectivity index (χ0v) is 18.2. The maximum Gasteiger partial charge on any atom is 0.197 e. The molecule has 7 nitrogen and oxygen atoms in total. The van der Waals surface area contributed by atoms with Gasteiger partial charge in [0.1, 0.15) is 11.5 Å². The van der Waals surface area contributed by atoms with E-state index in [1.807, 2.05) is 32.0 Å². The van der Waals surface area contributed by atoms with E-state index >= 15 is 0 Å². The minimum atomic E-state index is -1.33. The van der Waals surface area contributed by atoms with Crippen molar-refractivity contribution >= 4 is 21.8 Å². The van der Waals surface area contributed by atoms with Crippen molar-refractivity contribution in [3.05, 3.63) is 41.2 Å². The highest BCUT2D eigenvalue weighted by Gasteiger charge is 2.16. The smallest absolute Gasteiger partial charge is 0.197 e. The molecule has 1 saturated heterocycles. The Morgan fingerprint density at radius 3 is 2.52 bits per heavy atom. The van der Waals surface area contributed by atoms with E-state index in [0.29, 0.717) is 5.16 Å². The molecule has 0 aliphatic carbocycles. The van der Waals surface area contributed by atoms with E-state index in [-0.39, 0.29) is 5.75 Å². The third-order valence-corrected chi connectivity index (χ3v) is 6.02. The number of nitrogens with zero attached hydrogens (tertiary/aromatic N) is 2. The quantitative estimate of drug-likeness (QED) is 0.664. The van der Waals surface area contributed by atoms with Crippen LogP contribution in [0.15, 0.2) is 29.6 Å². The predicted octanol–water partition coefficient (Wildman–Crippen LogP) is 3.27. The second kappa shape index (κ2) is 9.84. The number of nitrogens with one attached hydrogen (secondary N) is 2. The largest absolute Gasteiger partial charge is 0.497 e. The van der Waals surface area contributed by atoms with Crippen molar-refractivity contribution in [2.75, 3.05) is 27.3 Å². The van der Waals surface area contributed by atoms with E-state index in [0.717, 1.165) is 39.4 Å². The number of fused-ring (bicyclic) bond motifs is 1. The number of pyridine rings is 1. The molecule has 1 aliphatic heterocycles. The Hall–Kier alpha value is -2.45. The van der Waals surface area contributed by atoms with E-state index in [2.05, 4.69) is 20.3 Å². The lowest BCUT2D eigenvalue weighted by Crippen LogP contribution is -2.05. The average molecular weight is 417 g/mol. The Bertz CT molecular complexity index is 991. The molecular weight excluding hydrogens is 388 g/mol. The zero-order valence-electron chi connectivity index (χ0n) is 17.4. The third kappa shape index (κ3) is 5.13. The Morgan fingerprint density at radius 1 is 1.14 bits per heavy atom. The summed E-state index contributed by atoms with van der Waals surface area (Å²) >= 11 is 0. The Labute approximate surface area is 173 Å². The maximum atomic E-state index is 12.7. The number of aryl methyl sites for hydroxylation is 1. The molecule has 1 atom stereocenters. The average Bonchev–Trinajstić information content (AvgIpc) is 3.43. The van der Waals surface area contributed by atoms with Crippen molar-refractivity contribution < 1.29 is 13.7 Å². The van der Waals surface area contributed by atoms with Gasteiger partial charge in [-0.05, 0) is 51.9 Å². The number of aromatic nitrogens is 3. The normalized spacial score (nSPS) is 14.3. The summed E-state index contributed by atoms with van der Waals surface area (Å²) < 4.78 is 23.3. The summed E-state index contributed by atoms with van der Waals surface area (Å²) in [6.07, 6.45) is 4.52. The summed E-state index contributed by atoms with van der Waals surface area (Å²) in [4.78, 5) is 11.9. The molecule has 4 rings (SSSR count).